The largest absolute Gasteiger partial charge is 0.378 e. The molecule has 0 bridgehead atoms. The van der Waals surface area contributed by atoms with Gasteiger partial charge >= 0.3 is 0 Å². The molecule has 0 spiro atoms. The van der Waals surface area contributed by atoms with Gasteiger partial charge in [-0.05, 0) is 30.4 Å². The first kappa shape index (κ1) is 8.28. The van der Waals surface area contributed by atoms with Crippen LogP contribution in [0.5, 0.6) is 0 Å². The molecular weight excluding hydrogens is 162 g/mol. The zero-order valence-electron chi connectivity index (χ0n) is 7.27. The van der Waals surface area contributed by atoms with E-state index < -0.39 is 5.60 Å². The highest BCUT2D eigenvalue weighted by Gasteiger charge is 2.41. The van der Waals surface area contributed by atoms with Crippen LogP contribution >= 0.6 is 0 Å². The molecule has 0 radical (unpaired) electrons. The molecule has 66 valence electrons. The molecular formula is C11H11NO. The quantitative estimate of drug-likeness (QED) is 0.650. The van der Waals surface area contributed by atoms with Crippen LogP contribution in [0.1, 0.15) is 24.3 Å². The second kappa shape index (κ2) is 2.86. The highest BCUT2D eigenvalue weighted by atomic mass is 16.3. The molecule has 0 amide bonds. The lowest BCUT2D eigenvalue weighted by Gasteiger charge is -2.39. The summed E-state index contributed by atoms with van der Waals surface area (Å²) in [5.74, 6) is 2.80. The van der Waals surface area contributed by atoms with E-state index in [9.17, 15) is 5.11 Å². The monoisotopic (exact) mass is 173 g/mol. The van der Waals surface area contributed by atoms with Crippen LogP contribution in [0, 0.1) is 12.3 Å². The molecule has 1 aromatic heterocycles. The maximum atomic E-state index is 9.59. The molecule has 1 aliphatic carbocycles. The molecule has 2 nitrogen and oxygen atoms in total. The molecule has 0 saturated heterocycles. The number of nitrogens with zero attached hydrogens (tertiary/aromatic N) is 1. The van der Waals surface area contributed by atoms with Crippen LogP contribution in [-0.2, 0) is 0 Å². The van der Waals surface area contributed by atoms with Gasteiger partial charge in [0.05, 0.1) is 0 Å². The Morgan fingerprint density at radius 2 is 2.38 bits per heavy atom. The first-order valence-corrected chi connectivity index (χ1v) is 4.33. The van der Waals surface area contributed by atoms with Crippen molar-refractivity contribution in [2.24, 2.45) is 0 Å². The first-order chi connectivity index (χ1) is 6.23. The van der Waals surface area contributed by atoms with Gasteiger partial charge in [0.25, 0.3) is 0 Å². The van der Waals surface area contributed by atoms with Crippen LogP contribution in [0.25, 0.3) is 0 Å². The van der Waals surface area contributed by atoms with Crippen LogP contribution in [0.4, 0.5) is 0 Å². The third kappa shape index (κ3) is 1.43. The van der Waals surface area contributed by atoms with E-state index >= 15 is 0 Å². The van der Waals surface area contributed by atoms with Crippen molar-refractivity contribution in [3.8, 4) is 12.3 Å². The van der Waals surface area contributed by atoms with Gasteiger partial charge in [-0.2, -0.15) is 0 Å². The van der Waals surface area contributed by atoms with Crippen molar-refractivity contribution < 1.29 is 5.11 Å². The fourth-order valence-electron chi connectivity index (χ4n) is 1.73. The molecule has 1 aromatic rings. The summed E-state index contributed by atoms with van der Waals surface area (Å²) < 4.78 is 0. The predicted molar refractivity (Wildman–Crippen MR) is 50.0 cm³/mol. The predicted octanol–water partition coefficient (Wildman–Crippen LogP) is 1.32. The third-order valence-electron chi connectivity index (χ3n) is 2.59. The van der Waals surface area contributed by atoms with E-state index in [1.165, 1.54) is 5.56 Å². The molecule has 1 fully saturated rings. The smallest absolute Gasteiger partial charge is 0.126 e. The summed E-state index contributed by atoms with van der Waals surface area (Å²) >= 11 is 0. The van der Waals surface area contributed by atoms with Crippen LogP contribution in [-0.4, -0.2) is 15.7 Å². The van der Waals surface area contributed by atoms with E-state index in [2.05, 4.69) is 10.9 Å². The summed E-state index contributed by atoms with van der Waals surface area (Å²) in [7, 11) is 0. The second-order valence-electron chi connectivity index (χ2n) is 3.57. The van der Waals surface area contributed by atoms with Crippen molar-refractivity contribution in [2.45, 2.75) is 24.4 Å². The molecule has 0 atom stereocenters. The van der Waals surface area contributed by atoms with Gasteiger partial charge in [0.1, 0.15) is 5.60 Å². The van der Waals surface area contributed by atoms with Crippen LogP contribution < -0.4 is 0 Å². The van der Waals surface area contributed by atoms with Gasteiger partial charge < -0.3 is 5.11 Å². The summed E-state index contributed by atoms with van der Waals surface area (Å²) in [5, 5.41) is 9.59. The Balaban J connectivity index is 2.07. The van der Waals surface area contributed by atoms with E-state index in [4.69, 9.17) is 6.42 Å². The Kier molecular flexibility index (Phi) is 1.82. The average molecular weight is 173 g/mol. The Morgan fingerprint density at radius 3 is 2.92 bits per heavy atom. The molecule has 1 aliphatic rings. The summed E-state index contributed by atoms with van der Waals surface area (Å²) in [6, 6.07) is 3.93. The second-order valence-corrected chi connectivity index (χ2v) is 3.57. The van der Waals surface area contributed by atoms with E-state index in [-0.39, 0.29) is 0 Å². The maximum Gasteiger partial charge on any atom is 0.126 e. The number of hydrogen-bond acceptors (Lipinski definition) is 2. The molecule has 0 aromatic carbocycles. The van der Waals surface area contributed by atoms with E-state index in [0.717, 1.165) is 0 Å². The molecule has 0 unspecified atom stereocenters. The van der Waals surface area contributed by atoms with Crippen LogP contribution in [0.15, 0.2) is 24.5 Å². The van der Waals surface area contributed by atoms with Crippen molar-refractivity contribution >= 4 is 0 Å². The minimum absolute atomic E-state index is 0.384. The van der Waals surface area contributed by atoms with Crippen molar-refractivity contribution in [3.63, 3.8) is 0 Å². The van der Waals surface area contributed by atoms with Gasteiger partial charge in [0.15, 0.2) is 0 Å². The molecule has 1 heterocycles. The Morgan fingerprint density at radius 1 is 1.62 bits per heavy atom. The van der Waals surface area contributed by atoms with E-state index in [1.807, 2.05) is 18.3 Å². The fraction of sp³-hybridized carbons (Fsp3) is 0.364. The molecule has 2 rings (SSSR count). The topological polar surface area (TPSA) is 33.1 Å². The molecule has 13 heavy (non-hydrogen) atoms. The number of aromatic nitrogens is 1. The van der Waals surface area contributed by atoms with Crippen molar-refractivity contribution in [2.75, 3.05) is 0 Å². The van der Waals surface area contributed by atoms with Gasteiger partial charge in [-0.1, -0.05) is 12.0 Å². The molecule has 1 saturated carbocycles. The zero-order chi connectivity index (χ0) is 9.31. The highest BCUT2D eigenvalue weighted by molar-refractivity contribution is 5.26. The van der Waals surface area contributed by atoms with Crippen molar-refractivity contribution in [3.05, 3.63) is 30.1 Å². The van der Waals surface area contributed by atoms with Gasteiger partial charge in [-0.15, -0.1) is 6.42 Å². The summed E-state index contributed by atoms with van der Waals surface area (Å²) in [5.41, 5.74) is 0.308. The van der Waals surface area contributed by atoms with Gasteiger partial charge in [0, 0.05) is 12.4 Å². The highest BCUT2D eigenvalue weighted by Crippen LogP contribution is 2.43. The lowest BCUT2D eigenvalue weighted by Crippen LogP contribution is -2.40. The number of terminal acetylenes is 1. The SMILES string of the molecule is C#CC1(O)CC(c2cccnc2)C1. The summed E-state index contributed by atoms with van der Waals surface area (Å²) in [6.45, 7) is 0. The fourth-order valence-corrected chi connectivity index (χ4v) is 1.73. The minimum atomic E-state index is -0.861. The zero-order valence-corrected chi connectivity index (χ0v) is 7.27. The Hall–Kier alpha value is -1.33. The number of hydrogen-bond donors (Lipinski definition) is 1. The average Bonchev–Trinajstić information content (AvgIpc) is 2.14. The maximum absolute atomic E-state index is 9.59. The Bertz CT molecular complexity index is 333. The lowest BCUT2D eigenvalue weighted by molar-refractivity contribution is 0.00599. The van der Waals surface area contributed by atoms with E-state index in [1.54, 1.807) is 6.20 Å². The standard InChI is InChI=1S/C11H11NO/c1-2-11(13)6-10(7-11)9-4-3-5-12-8-9/h1,3-5,8,10,13H,6-7H2. The normalized spacial score (nSPS) is 31.8. The van der Waals surface area contributed by atoms with Crippen LogP contribution in [0.3, 0.4) is 0 Å². The molecule has 0 aliphatic heterocycles. The third-order valence-corrected chi connectivity index (χ3v) is 2.59. The summed E-state index contributed by atoms with van der Waals surface area (Å²) in [6.07, 6.45) is 10.1. The summed E-state index contributed by atoms with van der Waals surface area (Å²) in [4.78, 5) is 4.03. The van der Waals surface area contributed by atoms with Gasteiger partial charge in [0.2, 0.25) is 0 Å². The molecule has 1 N–H and O–H groups in total. The van der Waals surface area contributed by atoms with Crippen LogP contribution in [0.2, 0.25) is 0 Å². The lowest BCUT2D eigenvalue weighted by atomic mass is 9.69. The number of aliphatic hydroxyl groups is 1. The van der Waals surface area contributed by atoms with Gasteiger partial charge in [-0.25, -0.2) is 0 Å². The Labute approximate surface area is 77.6 Å². The number of pyridine rings is 1. The van der Waals surface area contributed by atoms with E-state index in [0.29, 0.717) is 18.8 Å². The van der Waals surface area contributed by atoms with Crippen molar-refractivity contribution in [1.82, 2.24) is 4.98 Å². The molecule has 2 heteroatoms. The number of rotatable bonds is 1. The first-order valence-electron chi connectivity index (χ1n) is 4.33. The minimum Gasteiger partial charge on any atom is -0.378 e. The van der Waals surface area contributed by atoms with Crippen molar-refractivity contribution in [1.29, 1.82) is 0 Å². The van der Waals surface area contributed by atoms with Gasteiger partial charge in [-0.3, -0.25) is 4.98 Å².